The van der Waals surface area contributed by atoms with Crippen LogP contribution < -0.4 is 4.74 Å². The Bertz CT molecular complexity index is 469. The van der Waals surface area contributed by atoms with E-state index in [9.17, 15) is 9.18 Å². The van der Waals surface area contributed by atoms with Gasteiger partial charge in [0.25, 0.3) is 0 Å². The summed E-state index contributed by atoms with van der Waals surface area (Å²) in [5.41, 5.74) is 0.243. The number of carboxylic acids is 1. The van der Waals surface area contributed by atoms with Gasteiger partial charge in [-0.25, -0.2) is 4.39 Å². The monoisotopic (exact) mass is 270 g/mol. The maximum absolute atomic E-state index is 14.1. The molecular formula is C14H19FO4. The van der Waals surface area contributed by atoms with Gasteiger partial charge in [0.05, 0.1) is 20.1 Å². The summed E-state index contributed by atoms with van der Waals surface area (Å²) in [5.74, 6) is -1.04. The van der Waals surface area contributed by atoms with Crippen molar-refractivity contribution in [3.63, 3.8) is 0 Å². The van der Waals surface area contributed by atoms with Crippen LogP contribution in [0.4, 0.5) is 4.39 Å². The normalized spacial score (nSPS) is 11.4. The van der Waals surface area contributed by atoms with Gasteiger partial charge < -0.3 is 14.6 Å². The van der Waals surface area contributed by atoms with E-state index < -0.39 is 17.2 Å². The Morgan fingerprint density at radius 1 is 1.37 bits per heavy atom. The third kappa shape index (κ3) is 3.67. The first-order valence-electron chi connectivity index (χ1n) is 5.89. The van der Waals surface area contributed by atoms with Crippen LogP contribution in [-0.4, -0.2) is 25.3 Å². The summed E-state index contributed by atoms with van der Waals surface area (Å²) in [6.45, 7) is 3.67. The molecule has 0 saturated carbocycles. The molecule has 5 heteroatoms. The fourth-order valence-corrected chi connectivity index (χ4v) is 2.05. The Labute approximate surface area is 112 Å². The Morgan fingerprint density at radius 2 is 2.00 bits per heavy atom. The molecule has 0 heterocycles. The molecule has 0 radical (unpaired) electrons. The second kappa shape index (κ2) is 6.02. The molecule has 1 aromatic rings. The van der Waals surface area contributed by atoms with E-state index in [-0.39, 0.29) is 13.0 Å². The predicted molar refractivity (Wildman–Crippen MR) is 68.9 cm³/mol. The fourth-order valence-electron chi connectivity index (χ4n) is 2.05. The Hall–Kier alpha value is -1.62. The van der Waals surface area contributed by atoms with Gasteiger partial charge in [-0.1, -0.05) is 13.8 Å². The third-order valence-corrected chi connectivity index (χ3v) is 2.99. The molecule has 1 rings (SSSR count). The molecule has 0 spiro atoms. The van der Waals surface area contributed by atoms with Crippen LogP contribution in [-0.2, 0) is 21.6 Å². The summed E-state index contributed by atoms with van der Waals surface area (Å²) in [7, 11) is 2.99. The summed E-state index contributed by atoms with van der Waals surface area (Å²) < 4.78 is 24.2. The highest BCUT2D eigenvalue weighted by Gasteiger charge is 2.28. The molecule has 4 nitrogen and oxygen atoms in total. The van der Waals surface area contributed by atoms with E-state index >= 15 is 0 Å². The van der Waals surface area contributed by atoms with E-state index in [0.29, 0.717) is 16.9 Å². The average Bonchev–Trinajstić information content (AvgIpc) is 2.29. The highest BCUT2D eigenvalue weighted by Crippen LogP contribution is 2.33. The SMILES string of the molecule is COCc1cc(C(C)(C)CC(=O)O)c(F)cc1OC. The van der Waals surface area contributed by atoms with Crippen molar-refractivity contribution in [1.29, 1.82) is 0 Å². The third-order valence-electron chi connectivity index (χ3n) is 2.99. The van der Waals surface area contributed by atoms with Crippen molar-refractivity contribution >= 4 is 5.97 Å². The molecule has 0 aliphatic rings. The minimum Gasteiger partial charge on any atom is -0.496 e. The van der Waals surface area contributed by atoms with Crippen LogP contribution in [0, 0.1) is 5.82 Å². The van der Waals surface area contributed by atoms with Crippen molar-refractivity contribution in [2.75, 3.05) is 14.2 Å². The van der Waals surface area contributed by atoms with Crippen LogP contribution in [0.25, 0.3) is 0 Å². The van der Waals surface area contributed by atoms with Crippen LogP contribution in [0.15, 0.2) is 12.1 Å². The molecule has 0 bridgehead atoms. The number of rotatable bonds is 6. The largest absolute Gasteiger partial charge is 0.496 e. The number of methoxy groups -OCH3 is 2. The summed E-state index contributed by atoms with van der Waals surface area (Å²) in [6, 6.07) is 2.88. The summed E-state index contributed by atoms with van der Waals surface area (Å²) in [6.07, 6.45) is -0.150. The number of benzene rings is 1. The van der Waals surface area contributed by atoms with Crippen molar-refractivity contribution in [3.8, 4) is 5.75 Å². The second-order valence-corrected chi connectivity index (χ2v) is 5.03. The van der Waals surface area contributed by atoms with E-state index in [2.05, 4.69) is 0 Å². The summed E-state index contributed by atoms with van der Waals surface area (Å²) in [5, 5.41) is 8.90. The predicted octanol–water partition coefficient (Wildman–Crippen LogP) is 2.73. The van der Waals surface area contributed by atoms with Gasteiger partial charge in [0.15, 0.2) is 0 Å². The Kier molecular flexibility index (Phi) is 4.89. The molecule has 0 aliphatic heterocycles. The van der Waals surface area contributed by atoms with Gasteiger partial charge in [-0.15, -0.1) is 0 Å². The van der Waals surface area contributed by atoms with Gasteiger partial charge in [0, 0.05) is 24.2 Å². The molecule has 1 aromatic carbocycles. The maximum Gasteiger partial charge on any atom is 0.304 e. The zero-order valence-electron chi connectivity index (χ0n) is 11.6. The summed E-state index contributed by atoms with van der Waals surface area (Å²) >= 11 is 0. The first-order valence-corrected chi connectivity index (χ1v) is 5.89. The molecule has 0 atom stereocenters. The van der Waals surface area contributed by atoms with Crippen molar-refractivity contribution < 1.29 is 23.8 Å². The lowest BCUT2D eigenvalue weighted by atomic mass is 9.80. The standard InChI is InChI=1S/C14H19FO4/c1-14(2,7-13(16)17)10-5-9(8-18-3)12(19-4)6-11(10)15/h5-6H,7-8H2,1-4H3,(H,16,17). The second-order valence-electron chi connectivity index (χ2n) is 5.03. The first-order chi connectivity index (χ1) is 8.81. The molecule has 0 aromatic heterocycles. The highest BCUT2D eigenvalue weighted by molar-refractivity contribution is 5.69. The van der Waals surface area contributed by atoms with Crippen LogP contribution >= 0.6 is 0 Å². The van der Waals surface area contributed by atoms with Gasteiger partial charge in [-0.2, -0.15) is 0 Å². The number of carboxylic acid groups (broad SMARTS) is 1. The Balaban J connectivity index is 3.27. The van der Waals surface area contributed by atoms with Crippen LogP contribution in [0.1, 0.15) is 31.4 Å². The lowest BCUT2D eigenvalue weighted by Crippen LogP contribution is -2.23. The van der Waals surface area contributed by atoms with E-state index in [4.69, 9.17) is 14.6 Å². The minimum atomic E-state index is -0.964. The topological polar surface area (TPSA) is 55.8 Å². The average molecular weight is 270 g/mol. The molecule has 0 unspecified atom stereocenters. The van der Waals surface area contributed by atoms with Crippen molar-refractivity contribution in [1.82, 2.24) is 0 Å². The maximum atomic E-state index is 14.1. The molecule has 0 amide bonds. The molecule has 0 aliphatic carbocycles. The van der Waals surface area contributed by atoms with Gasteiger partial charge in [-0.05, 0) is 11.6 Å². The lowest BCUT2D eigenvalue weighted by molar-refractivity contribution is -0.138. The van der Waals surface area contributed by atoms with Crippen LogP contribution in [0.3, 0.4) is 0 Å². The van der Waals surface area contributed by atoms with Crippen LogP contribution in [0.2, 0.25) is 0 Å². The molecular weight excluding hydrogens is 251 g/mol. The number of aliphatic carboxylic acids is 1. The quantitative estimate of drug-likeness (QED) is 0.863. The summed E-state index contributed by atoms with van der Waals surface area (Å²) in [4.78, 5) is 10.9. The smallest absolute Gasteiger partial charge is 0.304 e. The number of hydrogen-bond donors (Lipinski definition) is 1. The first kappa shape index (κ1) is 15.4. The zero-order valence-corrected chi connectivity index (χ0v) is 11.6. The van der Waals surface area contributed by atoms with Crippen LogP contribution in [0.5, 0.6) is 5.75 Å². The van der Waals surface area contributed by atoms with E-state index in [1.54, 1.807) is 19.9 Å². The van der Waals surface area contributed by atoms with Crippen molar-refractivity contribution in [2.24, 2.45) is 0 Å². The molecule has 0 fully saturated rings. The fraction of sp³-hybridized carbons (Fsp3) is 0.500. The number of hydrogen-bond acceptors (Lipinski definition) is 3. The minimum absolute atomic E-state index is 0.150. The van der Waals surface area contributed by atoms with Gasteiger partial charge in [-0.3, -0.25) is 4.79 Å². The van der Waals surface area contributed by atoms with E-state index in [1.165, 1.54) is 20.3 Å². The number of ether oxygens (including phenoxy) is 2. The highest BCUT2D eigenvalue weighted by atomic mass is 19.1. The molecule has 0 saturated heterocycles. The zero-order chi connectivity index (χ0) is 14.6. The molecule has 106 valence electrons. The van der Waals surface area contributed by atoms with E-state index in [0.717, 1.165) is 0 Å². The van der Waals surface area contributed by atoms with Gasteiger partial charge in [0.1, 0.15) is 11.6 Å². The number of halogens is 1. The number of carbonyl (C=O) groups is 1. The Morgan fingerprint density at radius 3 is 2.47 bits per heavy atom. The van der Waals surface area contributed by atoms with Crippen molar-refractivity contribution in [2.45, 2.75) is 32.3 Å². The lowest BCUT2D eigenvalue weighted by Gasteiger charge is -2.25. The van der Waals surface area contributed by atoms with Gasteiger partial charge >= 0.3 is 5.97 Å². The van der Waals surface area contributed by atoms with E-state index in [1.807, 2.05) is 0 Å². The molecule has 1 N–H and O–H groups in total. The van der Waals surface area contributed by atoms with Gasteiger partial charge in [0.2, 0.25) is 0 Å². The van der Waals surface area contributed by atoms with Crippen molar-refractivity contribution in [3.05, 3.63) is 29.1 Å². The molecule has 19 heavy (non-hydrogen) atoms.